The number of carboxylic acids is 2. The monoisotopic (exact) mass is 265 g/mol. The molecular formula is C14H19NO4. The minimum absolute atomic E-state index is 0.166. The van der Waals surface area contributed by atoms with Crippen LogP contribution in [0.5, 0.6) is 0 Å². The predicted molar refractivity (Wildman–Crippen MR) is 70.8 cm³/mol. The highest BCUT2D eigenvalue weighted by Gasteiger charge is 2.27. The molecule has 0 aromatic heterocycles. The molecule has 1 aromatic rings. The lowest BCUT2D eigenvalue weighted by molar-refractivity contribution is -0.143. The standard InChI is InChI=1S/C14H19NO4/c1-9(2)8-11(13(16)17)15-12(14(18)19)10-6-4-3-5-7-10/h3-7,9,11-12,15H,8H2,1-2H3,(H,16,17)(H,18,19)/t11-,12+/m1/s1. The summed E-state index contributed by atoms with van der Waals surface area (Å²) in [7, 11) is 0. The van der Waals surface area contributed by atoms with E-state index in [1.165, 1.54) is 0 Å². The van der Waals surface area contributed by atoms with Crippen molar-refractivity contribution in [3.63, 3.8) is 0 Å². The molecule has 0 bridgehead atoms. The van der Waals surface area contributed by atoms with Crippen LogP contribution in [0.15, 0.2) is 30.3 Å². The number of carboxylic acid groups (broad SMARTS) is 2. The van der Waals surface area contributed by atoms with E-state index in [0.29, 0.717) is 12.0 Å². The molecule has 0 aliphatic rings. The lowest BCUT2D eigenvalue weighted by atomic mass is 10.0. The third-order valence-corrected chi connectivity index (χ3v) is 2.75. The van der Waals surface area contributed by atoms with Gasteiger partial charge in [0.25, 0.3) is 0 Å². The van der Waals surface area contributed by atoms with E-state index in [-0.39, 0.29) is 5.92 Å². The Bertz CT molecular complexity index is 430. The van der Waals surface area contributed by atoms with Gasteiger partial charge in [0.2, 0.25) is 0 Å². The second-order valence-corrected chi connectivity index (χ2v) is 4.87. The molecule has 0 amide bonds. The summed E-state index contributed by atoms with van der Waals surface area (Å²) in [4.78, 5) is 22.5. The van der Waals surface area contributed by atoms with Crippen molar-refractivity contribution in [2.75, 3.05) is 0 Å². The lowest BCUT2D eigenvalue weighted by Gasteiger charge is -2.21. The van der Waals surface area contributed by atoms with Gasteiger partial charge in [0.15, 0.2) is 0 Å². The van der Waals surface area contributed by atoms with E-state index in [9.17, 15) is 14.7 Å². The first-order valence-electron chi connectivity index (χ1n) is 6.18. The Morgan fingerprint density at radius 1 is 1.11 bits per heavy atom. The molecule has 0 saturated carbocycles. The summed E-state index contributed by atoms with van der Waals surface area (Å²) < 4.78 is 0. The Labute approximate surface area is 112 Å². The van der Waals surface area contributed by atoms with Gasteiger partial charge in [0.05, 0.1) is 0 Å². The van der Waals surface area contributed by atoms with E-state index in [4.69, 9.17) is 5.11 Å². The predicted octanol–water partition coefficient (Wildman–Crippen LogP) is 1.90. The van der Waals surface area contributed by atoms with E-state index >= 15 is 0 Å². The second kappa shape index (κ2) is 6.89. The Morgan fingerprint density at radius 3 is 2.11 bits per heavy atom. The fraction of sp³-hybridized carbons (Fsp3) is 0.429. The van der Waals surface area contributed by atoms with Gasteiger partial charge in [-0.05, 0) is 17.9 Å². The molecule has 0 spiro atoms. The van der Waals surface area contributed by atoms with E-state index in [1.807, 2.05) is 13.8 Å². The SMILES string of the molecule is CC(C)C[C@@H](N[C@H](C(=O)O)c1ccccc1)C(=O)O. The van der Waals surface area contributed by atoms with Crippen LogP contribution in [0.3, 0.4) is 0 Å². The normalized spacial score (nSPS) is 14.1. The van der Waals surface area contributed by atoms with Crippen molar-refractivity contribution in [2.45, 2.75) is 32.4 Å². The van der Waals surface area contributed by atoms with Crippen molar-refractivity contribution in [3.8, 4) is 0 Å². The zero-order valence-corrected chi connectivity index (χ0v) is 11.0. The highest BCUT2D eigenvalue weighted by atomic mass is 16.4. The first-order valence-corrected chi connectivity index (χ1v) is 6.18. The van der Waals surface area contributed by atoms with Gasteiger partial charge in [-0.1, -0.05) is 44.2 Å². The molecule has 0 aliphatic carbocycles. The second-order valence-electron chi connectivity index (χ2n) is 4.87. The van der Waals surface area contributed by atoms with Crippen molar-refractivity contribution in [1.82, 2.24) is 5.32 Å². The summed E-state index contributed by atoms with van der Waals surface area (Å²) in [5.74, 6) is -1.95. The van der Waals surface area contributed by atoms with E-state index in [0.717, 1.165) is 0 Å². The largest absolute Gasteiger partial charge is 0.480 e. The van der Waals surface area contributed by atoms with Crippen molar-refractivity contribution in [3.05, 3.63) is 35.9 Å². The molecule has 0 fully saturated rings. The number of nitrogens with one attached hydrogen (secondary N) is 1. The number of carbonyl (C=O) groups is 2. The summed E-state index contributed by atoms with van der Waals surface area (Å²) in [5.41, 5.74) is 0.546. The zero-order chi connectivity index (χ0) is 14.4. The van der Waals surface area contributed by atoms with Crippen molar-refractivity contribution >= 4 is 11.9 Å². The summed E-state index contributed by atoms with van der Waals surface area (Å²) >= 11 is 0. The van der Waals surface area contributed by atoms with Crippen LogP contribution >= 0.6 is 0 Å². The van der Waals surface area contributed by atoms with Gasteiger partial charge in [-0.3, -0.25) is 14.9 Å². The molecule has 0 radical (unpaired) electrons. The molecule has 0 aliphatic heterocycles. The van der Waals surface area contributed by atoms with Crippen LogP contribution in [-0.2, 0) is 9.59 Å². The molecular weight excluding hydrogens is 246 g/mol. The van der Waals surface area contributed by atoms with Crippen molar-refractivity contribution in [1.29, 1.82) is 0 Å². The van der Waals surface area contributed by atoms with Crippen LogP contribution < -0.4 is 5.32 Å². The smallest absolute Gasteiger partial charge is 0.325 e. The third kappa shape index (κ3) is 4.71. The van der Waals surface area contributed by atoms with E-state index in [1.54, 1.807) is 30.3 Å². The van der Waals surface area contributed by atoms with Gasteiger partial charge in [-0.25, -0.2) is 0 Å². The molecule has 0 unspecified atom stereocenters. The van der Waals surface area contributed by atoms with Gasteiger partial charge in [-0.15, -0.1) is 0 Å². The molecule has 0 saturated heterocycles. The maximum Gasteiger partial charge on any atom is 0.325 e. The quantitative estimate of drug-likeness (QED) is 0.701. The van der Waals surface area contributed by atoms with Crippen molar-refractivity contribution < 1.29 is 19.8 Å². The molecule has 1 rings (SSSR count). The topological polar surface area (TPSA) is 86.6 Å². The minimum atomic E-state index is -1.08. The van der Waals surface area contributed by atoms with Crippen LogP contribution in [0.1, 0.15) is 31.9 Å². The molecule has 5 heteroatoms. The Morgan fingerprint density at radius 2 is 1.68 bits per heavy atom. The van der Waals surface area contributed by atoms with Gasteiger partial charge in [0, 0.05) is 0 Å². The Kier molecular flexibility index (Phi) is 5.51. The molecule has 0 heterocycles. The first kappa shape index (κ1) is 15.2. The highest BCUT2D eigenvalue weighted by Crippen LogP contribution is 2.16. The third-order valence-electron chi connectivity index (χ3n) is 2.75. The maximum atomic E-state index is 11.3. The van der Waals surface area contributed by atoms with Crippen LogP contribution in [-0.4, -0.2) is 28.2 Å². The van der Waals surface area contributed by atoms with Crippen LogP contribution in [0.2, 0.25) is 0 Å². The fourth-order valence-corrected chi connectivity index (χ4v) is 1.87. The zero-order valence-electron chi connectivity index (χ0n) is 11.0. The number of rotatable bonds is 7. The average Bonchev–Trinajstić information content (AvgIpc) is 2.34. The molecule has 1 aromatic carbocycles. The number of hydrogen-bond donors (Lipinski definition) is 3. The highest BCUT2D eigenvalue weighted by molar-refractivity contribution is 5.78. The van der Waals surface area contributed by atoms with Crippen LogP contribution in [0.4, 0.5) is 0 Å². The molecule has 19 heavy (non-hydrogen) atoms. The Hall–Kier alpha value is -1.88. The average molecular weight is 265 g/mol. The Balaban J connectivity index is 2.88. The summed E-state index contributed by atoms with van der Waals surface area (Å²) in [6, 6.07) is 6.68. The number of benzene rings is 1. The van der Waals surface area contributed by atoms with Gasteiger partial charge in [0.1, 0.15) is 12.1 Å². The number of aliphatic carboxylic acids is 2. The summed E-state index contributed by atoms with van der Waals surface area (Å²) in [6.07, 6.45) is 0.381. The van der Waals surface area contributed by atoms with Crippen LogP contribution in [0.25, 0.3) is 0 Å². The lowest BCUT2D eigenvalue weighted by Crippen LogP contribution is -2.42. The first-order chi connectivity index (χ1) is 8.91. The summed E-state index contributed by atoms with van der Waals surface area (Å²) in [5, 5.41) is 21.1. The van der Waals surface area contributed by atoms with Crippen LogP contribution in [0, 0.1) is 5.92 Å². The molecule has 5 nitrogen and oxygen atoms in total. The van der Waals surface area contributed by atoms with Gasteiger partial charge < -0.3 is 10.2 Å². The molecule has 104 valence electrons. The fourth-order valence-electron chi connectivity index (χ4n) is 1.87. The molecule has 3 N–H and O–H groups in total. The van der Waals surface area contributed by atoms with Gasteiger partial charge in [-0.2, -0.15) is 0 Å². The van der Waals surface area contributed by atoms with E-state index in [2.05, 4.69) is 5.32 Å². The molecule has 2 atom stereocenters. The van der Waals surface area contributed by atoms with Crippen molar-refractivity contribution in [2.24, 2.45) is 5.92 Å². The maximum absolute atomic E-state index is 11.3. The van der Waals surface area contributed by atoms with Gasteiger partial charge >= 0.3 is 11.9 Å². The minimum Gasteiger partial charge on any atom is -0.480 e. The summed E-state index contributed by atoms with van der Waals surface area (Å²) in [6.45, 7) is 3.80. The number of hydrogen-bond acceptors (Lipinski definition) is 3. The van der Waals surface area contributed by atoms with E-state index < -0.39 is 24.0 Å².